The summed E-state index contributed by atoms with van der Waals surface area (Å²) in [7, 11) is 2.06. The molecule has 0 aliphatic carbocycles. The molecule has 2 heterocycles. The van der Waals surface area contributed by atoms with Crippen molar-refractivity contribution in [3.8, 4) is 11.1 Å². The van der Waals surface area contributed by atoms with Crippen LogP contribution >= 0.6 is 0 Å². The van der Waals surface area contributed by atoms with Gasteiger partial charge in [0, 0.05) is 16.9 Å². The molecule has 1 N–H and O–H groups in total. The number of fused-ring (bicyclic) bond motifs is 1. The average Bonchev–Trinajstić information content (AvgIpc) is 3.45. The van der Waals surface area contributed by atoms with Gasteiger partial charge in [0.1, 0.15) is 5.54 Å². The first-order valence-electron chi connectivity index (χ1n) is 15.6. The van der Waals surface area contributed by atoms with E-state index in [0.29, 0.717) is 16.8 Å². The van der Waals surface area contributed by atoms with Crippen molar-refractivity contribution in [2.75, 3.05) is 25.5 Å². The summed E-state index contributed by atoms with van der Waals surface area (Å²) < 4.78 is 31.4. The summed E-state index contributed by atoms with van der Waals surface area (Å²) in [6.45, 7) is 1.69. The zero-order valence-corrected chi connectivity index (χ0v) is 25.5. The minimum atomic E-state index is -0.940. The average molecular weight is 613 g/mol. The predicted octanol–water partition coefficient (Wildman–Crippen LogP) is 8.10. The highest BCUT2D eigenvalue weighted by atomic mass is 19.2. The molecule has 1 saturated heterocycles. The molecule has 1 aromatic heterocycles. The van der Waals surface area contributed by atoms with Crippen LogP contribution < -0.4 is 5.32 Å². The first-order valence-corrected chi connectivity index (χ1v) is 15.6. The van der Waals surface area contributed by atoms with E-state index >= 15 is 4.39 Å². The zero-order valence-electron chi connectivity index (χ0n) is 25.5. The van der Waals surface area contributed by atoms with Gasteiger partial charge in [-0.05, 0) is 73.4 Å². The van der Waals surface area contributed by atoms with Crippen molar-refractivity contribution >= 4 is 22.6 Å². The number of nitrogens with one attached hydrogen (secondary N) is 1. The van der Waals surface area contributed by atoms with Crippen LogP contribution in [0.5, 0.6) is 0 Å². The lowest BCUT2D eigenvalue weighted by atomic mass is 9.77. The van der Waals surface area contributed by atoms with Gasteiger partial charge in [-0.25, -0.2) is 13.5 Å². The lowest BCUT2D eigenvalue weighted by Gasteiger charge is -2.37. The molecule has 0 atom stereocenters. The number of benzene rings is 5. The molecule has 1 aliphatic rings. The van der Waals surface area contributed by atoms with E-state index in [1.165, 1.54) is 6.07 Å². The Kier molecular flexibility index (Phi) is 7.93. The summed E-state index contributed by atoms with van der Waals surface area (Å²) in [4.78, 5) is 16.0. The van der Waals surface area contributed by atoms with Crippen molar-refractivity contribution in [1.82, 2.24) is 14.7 Å². The van der Waals surface area contributed by atoms with Gasteiger partial charge >= 0.3 is 0 Å². The quantitative estimate of drug-likeness (QED) is 0.185. The Morgan fingerprint density at radius 1 is 0.761 bits per heavy atom. The van der Waals surface area contributed by atoms with E-state index in [4.69, 9.17) is 5.10 Å². The fourth-order valence-corrected chi connectivity index (χ4v) is 6.75. The van der Waals surface area contributed by atoms with Crippen LogP contribution in [-0.2, 0) is 10.3 Å². The molecular weight excluding hydrogens is 578 g/mol. The molecule has 0 spiro atoms. The van der Waals surface area contributed by atoms with E-state index in [2.05, 4.69) is 53.7 Å². The van der Waals surface area contributed by atoms with Gasteiger partial charge in [-0.2, -0.15) is 5.10 Å². The number of anilines is 1. The summed E-state index contributed by atoms with van der Waals surface area (Å²) >= 11 is 0. The van der Waals surface area contributed by atoms with Crippen LogP contribution in [0.4, 0.5) is 14.6 Å². The highest BCUT2D eigenvalue weighted by Gasteiger charge is 2.41. The highest BCUT2D eigenvalue weighted by Crippen LogP contribution is 2.44. The smallest absolute Gasteiger partial charge is 0.228 e. The van der Waals surface area contributed by atoms with Crippen molar-refractivity contribution in [2.45, 2.75) is 18.4 Å². The molecule has 7 heteroatoms. The van der Waals surface area contributed by atoms with Crippen molar-refractivity contribution in [3.05, 3.63) is 156 Å². The van der Waals surface area contributed by atoms with E-state index < -0.39 is 17.2 Å². The largest absolute Gasteiger partial charge is 0.308 e. The number of carbonyl (C=O) groups excluding carboxylic acids is 1. The van der Waals surface area contributed by atoms with Crippen molar-refractivity contribution in [1.29, 1.82) is 0 Å². The number of aromatic nitrogens is 2. The van der Waals surface area contributed by atoms with Crippen molar-refractivity contribution in [3.63, 3.8) is 0 Å². The van der Waals surface area contributed by atoms with Crippen LogP contribution in [0.2, 0.25) is 0 Å². The first kappa shape index (κ1) is 29.6. The molecule has 0 radical (unpaired) electrons. The SMILES string of the molecule is CN1CCC(C(=O)Nc2nn(C(c3ccccc3)(c3ccccc3)c3ccccc3)c3ccc(-c4cccc(F)c4F)cc23)CC1. The summed E-state index contributed by atoms with van der Waals surface area (Å²) in [6, 6.07) is 40.1. The molecule has 0 bridgehead atoms. The van der Waals surface area contributed by atoms with Crippen LogP contribution in [0.25, 0.3) is 22.0 Å². The number of likely N-dealkylation sites (tertiary alicyclic amines) is 1. The minimum absolute atomic E-state index is 0.0910. The lowest BCUT2D eigenvalue weighted by Crippen LogP contribution is -2.39. The standard InChI is InChI=1S/C39H34F2N4O/c1-44-24-22-27(23-25-44)38(46)42-37-33-26-28(32-18-11-19-34(40)36(32)41)20-21-35(33)45(43-37)39(29-12-5-2-6-13-29,30-14-7-3-8-15-30)31-16-9-4-10-17-31/h2-21,26-27H,22-25H2,1H3,(H,42,43,46). The van der Waals surface area contributed by atoms with Crippen LogP contribution in [0, 0.1) is 17.6 Å². The first-order chi connectivity index (χ1) is 22.5. The fraction of sp³-hybridized carbons (Fsp3) is 0.179. The third kappa shape index (κ3) is 5.16. The number of halogens is 2. The summed E-state index contributed by atoms with van der Waals surface area (Å²) in [5.74, 6) is -1.70. The predicted molar refractivity (Wildman–Crippen MR) is 179 cm³/mol. The molecule has 1 amide bonds. The number of hydrogen-bond acceptors (Lipinski definition) is 3. The van der Waals surface area contributed by atoms with Crippen LogP contribution in [0.1, 0.15) is 29.5 Å². The van der Waals surface area contributed by atoms with Gasteiger partial charge in [-0.3, -0.25) is 4.79 Å². The van der Waals surface area contributed by atoms with Gasteiger partial charge < -0.3 is 10.2 Å². The maximum absolute atomic E-state index is 15.1. The number of amides is 1. The lowest BCUT2D eigenvalue weighted by molar-refractivity contribution is -0.121. The molecule has 1 fully saturated rings. The Hall–Kier alpha value is -5.14. The van der Waals surface area contributed by atoms with Crippen LogP contribution in [0.15, 0.2) is 127 Å². The molecule has 5 aromatic carbocycles. The fourth-order valence-electron chi connectivity index (χ4n) is 6.75. The van der Waals surface area contributed by atoms with Gasteiger partial charge in [0.15, 0.2) is 17.5 Å². The van der Waals surface area contributed by atoms with Gasteiger partial charge in [-0.1, -0.05) is 109 Å². The molecule has 5 nitrogen and oxygen atoms in total. The Balaban J connectivity index is 1.51. The molecule has 0 unspecified atom stereocenters. The minimum Gasteiger partial charge on any atom is -0.308 e. The van der Waals surface area contributed by atoms with Gasteiger partial charge in [-0.15, -0.1) is 0 Å². The normalized spacial score (nSPS) is 14.4. The second-order valence-electron chi connectivity index (χ2n) is 12.0. The Bertz CT molecular complexity index is 1890. The second-order valence-corrected chi connectivity index (χ2v) is 12.0. The summed E-state index contributed by atoms with van der Waals surface area (Å²) in [5.41, 5.74) is 3.35. The topological polar surface area (TPSA) is 50.2 Å². The van der Waals surface area contributed by atoms with E-state index in [1.54, 1.807) is 18.2 Å². The number of hydrogen-bond donors (Lipinski definition) is 1. The van der Waals surface area contributed by atoms with Gasteiger partial charge in [0.05, 0.1) is 5.52 Å². The Labute approximate surface area is 267 Å². The summed E-state index contributed by atoms with van der Waals surface area (Å²) in [6.07, 6.45) is 1.51. The maximum Gasteiger partial charge on any atom is 0.228 e. The van der Waals surface area contributed by atoms with Crippen molar-refractivity contribution < 1.29 is 13.6 Å². The van der Waals surface area contributed by atoms with Gasteiger partial charge in [0.2, 0.25) is 5.91 Å². The maximum atomic E-state index is 15.1. The highest BCUT2D eigenvalue weighted by molar-refractivity contribution is 6.02. The Morgan fingerprint density at radius 2 is 1.33 bits per heavy atom. The number of rotatable bonds is 7. The zero-order chi connectivity index (χ0) is 31.7. The molecule has 46 heavy (non-hydrogen) atoms. The monoisotopic (exact) mass is 612 g/mol. The molecule has 230 valence electrons. The third-order valence-electron chi connectivity index (χ3n) is 9.17. The van der Waals surface area contributed by atoms with E-state index in [-0.39, 0.29) is 17.4 Å². The molecule has 0 saturated carbocycles. The number of nitrogens with zero attached hydrogens (tertiary/aromatic N) is 3. The van der Waals surface area contributed by atoms with Crippen LogP contribution in [0.3, 0.4) is 0 Å². The molecule has 7 rings (SSSR count). The molecule has 1 aliphatic heterocycles. The van der Waals surface area contributed by atoms with Gasteiger partial charge in [0.25, 0.3) is 0 Å². The van der Waals surface area contributed by atoms with E-state index in [0.717, 1.165) is 54.2 Å². The van der Waals surface area contributed by atoms with Crippen LogP contribution in [-0.4, -0.2) is 40.7 Å². The second kappa shape index (κ2) is 12.3. The molecule has 6 aromatic rings. The molecular formula is C39H34F2N4O. The number of piperidine rings is 1. The van der Waals surface area contributed by atoms with E-state index in [9.17, 15) is 9.18 Å². The Morgan fingerprint density at radius 3 is 1.89 bits per heavy atom. The van der Waals surface area contributed by atoms with E-state index in [1.807, 2.05) is 65.3 Å². The summed E-state index contributed by atoms with van der Waals surface area (Å²) in [5, 5.41) is 9.02. The number of carbonyl (C=O) groups is 1. The third-order valence-corrected chi connectivity index (χ3v) is 9.17. The van der Waals surface area contributed by atoms with Crippen molar-refractivity contribution in [2.24, 2.45) is 5.92 Å².